The van der Waals surface area contributed by atoms with E-state index in [9.17, 15) is 5.11 Å². The predicted molar refractivity (Wildman–Crippen MR) is 62.3 cm³/mol. The minimum Gasteiger partial charge on any atom is -0.389 e. The molecule has 1 unspecified atom stereocenters. The van der Waals surface area contributed by atoms with Gasteiger partial charge in [0.1, 0.15) is 0 Å². The monoisotopic (exact) mass is 250 g/mol. The first kappa shape index (κ1) is 9.69. The maximum absolute atomic E-state index is 9.53. The molecular weight excluding hydrogens is 240 g/mol. The van der Waals surface area contributed by atoms with Gasteiger partial charge in [0.2, 0.25) is 0 Å². The predicted octanol–water partition coefficient (Wildman–Crippen LogP) is 3.66. The summed E-state index contributed by atoms with van der Waals surface area (Å²) in [6, 6.07) is 12.2. The highest BCUT2D eigenvalue weighted by atomic mass is 79.9. The molecule has 2 aromatic rings. The van der Waals surface area contributed by atoms with Crippen LogP contribution in [0.3, 0.4) is 0 Å². The smallest absolute Gasteiger partial charge is 0.0773 e. The van der Waals surface area contributed by atoms with E-state index in [1.54, 1.807) is 6.92 Å². The van der Waals surface area contributed by atoms with Gasteiger partial charge >= 0.3 is 0 Å². The Morgan fingerprint density at radius 1 is 1.14 bits per heavy atom. The highest BCUT2D eigenvalue weighted by Crippen LogP contribution is 2.28. The Hall–Kier alpha value is -0.860. The van der Waals surface area contributed by atoms with Crippen molar-refractivity contribution in [2.24, 2.45) is 0 Å². The number of rotatable bonds is 1. The van der Waals surface area contributed by atoms with Gasteiger partial charge < -0.3 is 5.11 Å². The van der Waals surface area contributed by atoms with Crippen LogP contribution in [0.5, 0.6) is 0 Å². The molecular formula is C12H11BrO. The lowest BCUT2D eigenvalue weighted by Gasteiger charge is -2.09. The third-order valence-electron chi connectivity index (χ3n) is 2.32. The van der Waals surface area contributed by atoms with Crippen LogP contribution < -0.4 is 0 Å². The van der Waals surface area contributed by atoms with Crippen molar-refractivity contribution in [1.29, 1.82) is 0 Å². The Balaban J connectivity index is 2.71. The third kappa shape index (κ3) is 1.68. The van der Waals surface area contributed by atoms with E-state index in [1.807, 2.05) is 30.3 Å². The summed E-state index contributed by atoms with van der Waals surface area (Å²) in [5.74, 6) is 0. The maximum atomic E-state index is 9.53. The molecule has 0 saturated carbocycles. The van der Waals surface area contributed by atoms with Crippen molar-refractivity contribution in [3.8, 4) is 0 Å². The summed E-state index contributed by atoms with van der Waals surface area (Å²) in [7, 11) is 0. The van der Waals surface area contributed by atoms with Crippen molar-refractivity contribution >= 4 is 26.7 Å². The van der Waals surface area contributed by atoms with E-state index in [1.165, 1.54) is 5.39 Å². The van der Waals surface area contributed by atoms with Gasteiger partial charge in [-0.1, -0.05) is 40.2 Å². The average Bonchev–Trinajstić information content (AvgIpc) is 2.16. The van der Waals surface area contributed by atoms with Crippen LogP contribution in [0.1, 0.15) is 18.6 Å². The minimum atomic E-state index is -0.436. The fraction of sp³-hybridized carbons (Fsp3) is 0.167. The fourth-order valence-electron chi connectivity index (χ4n) is 1.55. The van der Waals surface area contributed by atoms with E-state index in [0.717, 1.165) is 15.4 Å². The second-order valence-corrected chi connectivity index (χ2v) is 4.25. The summed E-state index contributed by atoms with van der Waals surface area (Å²) >= 11 is 3.46. The largest absolute Gasteiger partial charge is 0.389 e. The van der Waals surface area contributed by atoms with Gasteiger partial charge in [-0.25, -0.2) is 0 Å². The van der Waals surface area contributed by atoms with Gasteiger partial charge in [-0.2, -0.15) is 0 Å². The average molecular weight is 251 g/mol. The molecule has 0 heterocycles. The number of fused-ring (bicyclic) bond motifs is 1. The molecule has 0 aliphatic rings. The molecule has 0 bridgehead atoms. The van der Waals surface area contributed by atoms with E-state index in [-0.39, 0.29) is 0 Å². The third-order valence-corrected chi connectivity index (χ3v) is 3.00. The molecule has 2 heteroatoms. The Bertz CT molecular complexity index is 463. The molecule has 0 radical (unpaired) electrons. The van der Waals surface area contributed by atoms with Crippen LogP contribution in [-0.2, 0) is 0 Å². The van der Waals surface area contributed by atoms with Gasteiger partial charge in [-0.15, -0.1) is 0 Å². The summed E-state index contributed by atoms with van der Waals surface area (Å²) in [6.07, 6.45) is -0.436. The van der Waals surface area contributed by atoms with Crippen LogP contribution in [0.25, 0.3) is 10.8 Å². The Morgan fingerprint density at radius 2 is 1.71 bits per heavy atom. The van der Waals surface area contributed by atoms with Gasteiger partial charge in [-0.05, 0) is 35.4 Å². The summed E-state index contributed by atoms with van der Waals surface area (Å²) in [5.41, 5.74) is 0.934. The summed E-state index contributed by atoms with van der Waals surface area (Å²) in [6.45, 7) is 1.77. The molecule has 2 aromatic carbocycles. The first-order valence-electron chi connectivity index (χ1n) is 4.55. The second-order valence-electron chi connectivity index (χ2n) is 3.40. The minimum absolute atomic E-state index is 0.436. The van der Waals surface area contributed by atoms with Gasteiger partial charge in [0.25, 0.3) is 0 Å². The van der Waals surface area contributed by atoms with Crippen molar-refractivity contribution in [2.75, 3.05) is 0 Å². The van der Waals surface area contributed by atoms with Gasteiger partial charge in [0, 0.05) is 4.47 Å². The summed E-state index contributed by atoms with van der Waals surface area (Å²) in [5, 5.41) is 11.9. The van der Waals surface area contributed by atoms with Crippen molar-refractivity contribution < 1.29 is 5.11 Å². The molecule has 0 spiro atoms. The van der Waals surface area contributed by atoms with Crippen LogP contribution >= 0.6 is 15.9 Å². The number of aliphatic hydroxyl groups is 1. The highest BCUT2D eigenvalue weighted by Gasteiger charge is 2.06. The Labute approximate surface area is 91.5 Å². The van der Waals surface area contributed by atoms with Crippen molar-refractivity contribution in [2.45, 2.75) is 13.0 Å². The molecule has 1 N–H and O–H groups in total. The van der Waals surface area contributed by atoms with Gasteiger partial charge in [0.15, 0.2) is 0 Å². The Morgan fingerprint density at radius 3 is 2.29 bits per heavy atom. The Kier molecular flexibility index (Phi) is 2.57. The molecule has 0 aliphatic heterocycles. The van der Waals surface area contributed by atoms with Crippen molar-refractivity contribution in [1.82, 2.24) is 0 Å². The molecule has 72 valence electrons. The van der Waals surface area contributed by atoms with Crippen molar-refractivity contribution in [3.05, 3.63) is 46.4 Å². The van der Waals surface area contributed by atoms with Crippen LogP contribution in [0.4, 0.5) is 0 Å². The standard InChI is InChI=1S/C12H11BrO/c1-8(14)11-6-9-4-2-3-5-10(9)7-12(11)13/h2-8,14H,1H3. The van der Waals surface area contributed by atoms with Crippen LogP contribution in [0.2, 0.25) is 0 Å². The first-order chi connectivity index (χ1) is 6.68. The van der Waals surface area contributed by atoms with Gasteiger partial charge in [0.05, 0.1) is 6.10 Å². The number of aliphatic hydroxyl groups excluding tert-OH is 1. The molecule has 1 nitrogen and oxygen atoms in total. The molecule has 0 fully saturated rings. The van der Waals surface area contributed by atoms with E-state index in [2.05, 4.69) is 22.0 Å². The van der Waals surface area contributed by atoms with Crippen LogP contribution in [0, 0.1) is 0 Å². The zero-order valence-electron chi connectivity index (χ0n) is 7.87. The lowest BCUT2D eigenvalue weighted by molar-refractivity contribution is 0.198. The molecule has 0 amide bonds. The quantitative estimate of drug-likeness (QED) is 0.820. The molecule has 0 saturated heterocycles. The first-order valence-corrected chi connectivity index (χ1v) is 5.34. The summed E-state index contributed by atoms with van der Waals surface area (Å²) < 4.78 is 0.964. The van der Waals surface area contributed by atoms with E-state index in [4.69, 9.17) is 0 Å². The van der Waals surface area contributed by atoms with Crippen LogP contribution in [-0.4, -0.2) is 5.11 Å². The molecule has 0 aromatic heterocycles. The molecule has 0 aliphatic carbocycles. The zero-order chi connectivity index (χ0) is 10.1. The number of hydrogen-bond acceptors (Lipinski definition) is 1. The zero-order valence-corrected chi connectivity index (χ0v) is 9.45. The topological polar surface area (TPSA) is 20.2 Å². The maximum Gasteiger partial charge on any atom is 0.0773 e. The van der Waals surface area contributed by atoms with Crippen molar-refractivity contribution in [3.63, 3.8) is 0 Å². The number of halogens is 1. The molecule has 1 atom stereocenters. The lowest BCUT2D eigenvalue weighted by atomic mass is 10.0. The normalized spacial score (nSPS) is 13.1. The summed E-state index contributed by atoms with van der Waals surface area (Å²) in [4.78, 5) is 0. The van der Waals surface area contributed by atoms with E-state index >= 15 is 0 Å². The number of hydrogen-bond donors (Lipinski definition) is 1. The van der Waals surface area contributed by atoms with E-state index < -0.39 is 6.10 Å². The SMILES string of the molecule is CC(O)c1cc2ccccc2cc1Br. The molecule has 14 heavy (non-hydrogen) atoms. The number of benzene rings is 2. The lowest BCUT2D eigenvalue weighted by Crippen LogP contribution is -1.92. The fourth-order valence-corrected chi connectivity index (χ4v) is 2.24. The van der Waals surface area contributed by atoms with Crippen LogP contribution in [0.15, 0.2) is 40.9 Å². The van der Waals surface area contributed by atoms with Gasteiger partial charge in [-0.3, -0.25) is 0 Å². The second kappa shape index (κ2) is 3.71. The highest BCUT2D eigenvalue weighted by molar-refractivity contribution is 9.10. The molecule has 2 rings (SSSR count). The van der Waals surface area contributed by atoms with E-state index in [0.29, 0.717) is 0 Å².